The lowest BCUT2D eigenvalue weighted by Gasteiger charge is -2.25. The van der Waals surface area contributed by atoms with Crippen molar-refractivity contribution in [3.8, 4) is 6.07 Å². The molecule has 0 unspecified atom stereocenters. The molecule has 0 saturated heterocycles. The standard InChI is InChI=1S/C11H13N3O2/c12-6-7-14(9-3-1-2-4-9)11(15)10-5-8-16-13-10/h5,8-9H,1-4,7H2. The van der Waals surface area contributed by atoms with Gasteiger partial charge in [-0.3, -0.25) is 4.79 Å². The smallest absolute Gasteiger partial charge is 0.277 e. The zero-order valence-electron chi connectivity index (χ0n) is 8.93. The second-order valence-corrected chi connectivity index (χ2v) is 3.91. The average Bonchev–Trinajstić information content (AvgIpc) is 2.96. The van der Waals surface area contributed by atoms with E-state index in [1.165, 1.54) is 12.3 Å². The number of aromatic nitrogens is 1. The van der Waals surface area contributed by atoms with Crippen LogP contribution in [0.1, 0.15) is 36.2 Å². The first-order chi connectivity index (χ1) is 7.83. The number of amides is 1. The second kappa shape index (κ2) is 4.79. The summed E-state index contributed by atoms with van der Waals surface area (Å²) in [6, 6.07) is 3.75. The molecule has 0 bridgehead atoms. The predicted molar refractivity (Wildman–Crippen MR) is 55.4 cm³/mol. The Hall–Kier alpha value is -1.83. The zero-order chi connectivity index (χ0) is 11.4. The van der Waals surface area contributed by atoms with E-state index in [0.29, 0.717) is 0 Å². The molecule has 0 aliphatic heterocycles. The molecule has 1 fully saturated rings. The molecule has 16 heavy (non-hydrogen) atoms. The van der Waals surface area contributed by atoms with E-state index in [2.05, 4.69) is 9.68 Å². The van der Waals surface area contributed by atoms with Crippen LogP contribution in [0.4, 0.5) is 0 Å². The van der Waals surface area contributed by atoms with Crippen LogP contribution in [0.5, 0.6) is 0 Å². The van der Waals surface area contributed by atoms with Gasteiger partial charge in [-0.05, 0) is 12.8 Å². The second-order valence-electron chi connectivity index (χ2n) is 3.91. The van der Waals surface area contributed by atoms with Gasteiger partial charge >= 0.3 is 0 Å². The van der Waals surface area contributed by atoms with Crippen molar-refractivity contribution in [3.63, 3.8) is 0 Å². The minimum atomic E-state index is -0.206. The number of nitriles is 1. The van der Waals surface area contributed by atoms with Gasteiger partial charge in [-0.2, -0.15) is 5.26 Å². The molecule has 0 atom stereocenters. The van der Waals surface area contributed by atoms with Crippen LogP contribution in [0, 0.1) is 11.3 Å². The maximum Gasteiger partial charge on any atom is 0.277 e. The van der Waals surface area contributed by atoms with Crippen molar-refractivity contribution >= 4 is 5.91 Å². The van der Waals surface area contributed by atoms with Gasteiger partial charge < -0.3 is 9.42 Å². The Morgan fingerprint density at radius 2 is 2.38 bits per heavy atom. The lowest BCUT2D eigenvalue weighted by atomic mass is 10.2. The molecule has 1 aliphatic carbocycles. The monoisotopic (exact) mass is 219 g/mol. The molecule has 1 aromatic rings. The number of carbonyl (C=O) groups is 1. The van der Waals surface area contributed by atoms with Crippen molar-refractivity contribution in [3.05, 3.63) is 18.0 Å². The molecule has 5 nitrogen and oxygen atoms in total. The molecule has 1 saturated carbocycles. The van der Waals surface area contributed by atoms with Crippen LogP contribution in [-0.2, 0) is 0 Å². The first kappa shape index (κ1) is 10.7. The predicted octanol–water partition coefficient (Wildman–Crippen LogP) is 1.58. The first-order valence-electron chi connectivity index (χ1n) is 5.41. The number of hydrogen-bond acceptors (Lipinski definition) is 4. The number of nitrogens with zero attached hydrogens (tertiary/aromatic N) is 3. The molecule has 0 aromatic carbocycles. The Morgan fingerprint density at radius 1 is 1.62 bits per heavy atom. The summed E-state index contributed by atoms with van der Waals surface area (Å²) < 4.78 is 4.65. The summed E-state index contributed by atoms with van der Waals surface area (Å²) in [6.07, 6.45) is 5.57. The summed E-state index contributed by atoms with van der Waals surface area (Å²) in [5, 5.41) is 12.4. The molecule has 1 aromatic heterocycles. The van der Waals surface area contributed by atoms with E-state index in [0.717, 1.165) is 25.7 Å². The Labute approximate surface area is 93.6 Å². The average molecular weight is 219 g/mol. The van der Waals surface area contributed by atoms with Crippen LogP contribution in [0.2, 0.25) is 0 Å². The highest BCUT2D eigenvalue weighted by Crippen LogP contribution is 2.24. The number of hydrogen-bond donors (Lipinski definition) is 0. The fraction of sp³-hybridized carbons (Fsp3) is 0.545. The molecule has 0 spiro atoms. The summed E-state index contributed by atoms with van der Waals surface area (Å²) in [6.45, 7) is 0.121. The highest BCUT2D eigenvalue weighted by atomic mass is 16.5. The van der Waals surface area contributed by atoms with E-state index in [1.54, 1.807) is 4.90 Å². The molecule has 0 N–H and O–H groups in total. The summed E-state index contributed by atoms with van der Waals surface area (Å²) in [7, 11) is 0. The van der Waals surface area contributed by atoms with Crippen molar-refractivity contribution in [2.75, 3.05) is 6.54 Å². The van der Waals surface area contributed by atoms with Gasteiger partial charge in [0.1, 0.15) is 12.8 Å². The lowest BCUT2D eigenvalue weighted by molar-refractivity contribution is 0.0699. The van der Waals surface area contributed by atoms with Crippen molar-refractivity contribution in [1.29, 1.82) is 5.26 Å². The third kappa shape index (κ3) is 2.06. The van der Waals surface area contributed by atoms with Gasteiger partial charge in [0.2, 0.25) is 0 Å². The van der Waals surface area contributed by atoms with Gasteiger partial charge in [-0.25, -0.2) is 0 Å². The molecular weight excluding hydrogens is 206 g/mol. The number of carbonyl (C=O) groups excluding carboxylic acids is 1. The Kier molecular flexibility index (Phi) is 3.20. The van der Waals surface area contributed by atoms with Crippen LogP contribution in [0.3, 0.4) is 0 Å². The number of rotatable bonds is 3. The van der Waals surface area contributed by atoms with E-state index in [1.807, 2.05) is 6.07 Å². The van der Waals surface area contributed by atoms with Gasteiger partial charge in [0.25, 0.3) is 5.91 Å². The molecule has 2 rings (SSSR count). The molecular formula is C11H13N3O2. The summed E-state index contributed by atoms with van der Waals surface area (Å²) in [5.74, 6) is -0.206. The van der Waals surface area contributed by atoms with Crippen LogP contribution in [0.15, 0.2) is 16.9 Å². The molecule has 1 aliphatic rings. The van der Waals surface area contributed by atoms with Crippen molar-refractivity contribution < 1.29 is 9.32 Å². The fourth-order valence-electron chi connectivity index (χ4n) is 2.13. The quantitative estimate of drug-likeness (QED) is 0.724. The molecule has 5 heteroatoms. The highest BCUT2D eigenvalue weighted by Gasteiger charge is 2.28. The SMILES string of the molecule is N#CCN(C(=O)c1ccon1)C1CCCC1. The zero-order valence-corrected chi connectivity index (χ0v) is 8.93. The topological polar surface area (TPSA) is 70.1 Å². The molecule has 0 radical (unpaired) electrons. The van der Waals surface area contributed by atoms with Crippen molar-refractivity contribution in [1.82, 2.24) is 10.1 Å². The van der Waals surface area contributed by atoms with Crippen LogP contribution < -0.4 is 0 Å². The van der Waals surface area contributed by atoms with E-state index >= 15 is 0 Å². The largest absolute Gasteiger partial charge is 0.364 e. The van der Waals surface area contributed by atoms with Crippen molar-refractivity contribution in [2.45, 2.75) is 31.7 Å². The molecule has 1 heterocycles. The van der Waals surface area contributed by atoms with Gasteiger partial charge in [-0.15, -0.1) is 0 Å². The highest BCUT2D eigenvalue weighted by molar-refractivity contribution is 5.92. The normalized spacial score (nSPS) is 15.9. The van der Waals surface area contributed by atoms with E-state index in [-0.39, 0.29) is 24.2 Å². The van der Waals surface area contributed by atoms with Crippen molar-refractivity contribution in [2.24, 2.45) is 0 Å². The fourth-order valence-corrected chi connectivity index (χ4v) is 2.13. The minimum absolute atomic E-state index is 0.121. The maximum absolute atomic E-state index is 12.0. The van der Waals surface area contributed by atoms with Gasteiger partial charge in [-0.1, -0.05) is 18.0 Å². The van der Waals surface area contributed by atoms with E-state index in [4.69, 9.17) is 5.26 Å². The summed E-state index contributed by atoms with van der Waals surface area (Å²) in [5.41, 5.74) is 0.280. The van der Waals surface area contributed by atoms with Crippen LogP contribution in [0.25, 0.3) is 0 Å². The summed E-state index contributed by atoms with van der Waals surface area (Å²) in [4.78, 5) is 13.6. The van der Waals surface area contributed by atoms with Gasteiger partial charge in [0, 0.05) is 12.1 Å². The molecule has 84 valence electrons. The van der Waals surface area contributed by atoms with E-state index in [9.17, 15) is 4.79 Å². The van der Waals surface area contributed by atoms with Gasteiger partial charge in [0.05, 0.1) is 6.07 Å². The Morgan fingerprint density at radius 3 is 2.94 bits per heavy atom. The first-order valence-corrected chi connectivity index (χ1v) is 5.41. The lowest BCUT2D eigenvalue weighted by Crippen LogP contribution is -2.39. The molecule has 1 amide bonds. The Balaban J connectivity index is 2.13. The summed E-state index contributed by atoms with van der Waals surface area (Å²) >= 11 is 0. The van der Waals surface area contributed by atoms with Crippen LogP contribution in [-0.4, -0.2) is 28.6 Å². The third-order valence-electron chi connectivity index (χ3n) is 2.92. The maximum atomic E-state index is 12.0. The van der Waals surface area contributed by atoms with Crippen LogP contribution >= 0.6 is 0 Å². The van der Waals surface area contributed by atoms with Gasteiger partial charge in [0.15, 0.2) is 5.69 Å². The van der Waals surface area contributed by atoms with E-state index < -0.39 is 0 Å². The Bertz CT molecular complexity index is 388. The third-order valence-corrected chi connectivity index (χ3v) is 2.92. The minimum Gasteiger partial charge on any atom is -0.364 e.